The molecule has 0 aliphatic heterocycles. The number of rotatable bonds is 7. The van der Waals surface area contributed by atoms with Crippen LogP contribution in [0.1, 0.15) is 76.3 Å². The number of allylic oxidation sites excluding steroid dienone is 2. The lowest BCUT2D eigenvalue weighted by molar-refractivity contribution is -0.145. The average Bonchev–Trinajstić information content (AvgIpc) is 2.95. The van der Waals surface area contributed by atoms with Crippen molar-refractivity contribution in [2.45, 2.75) is 72.1 Å². The lowest BCUT2D eigenvalue weighted by Gasteiger charge is -2.26. The number of hydrogen-bond acceptors (Lipinski definition) is 3. The topological polar surface area (TPSA) is 43.4 Å². The minimum atomic E-state index is -0.147. The quantitative estimate of drug-likeness (QED) is 0.567. The van der Waals surface area contributed by atoms with Crippen molar-refractivity contribution in [3.8, 4) is 0 Å². The van der Waals surface area contributed by atoms with Crippen molar-refractivity contribution in [1.82, 2.24) is 0 Å². The number of carbonyl (C=O) groups is 2. The van der Waals surface area contributed by atoms with Crippen LogP contribution < -0.4 is 0 Å². The van der Waals surface area contributed by atoms with Crippen molar-refractivity contribution in [2.75, 3.05) is 0 Å². The molecule has 2 aliphatic rings. The van der Waals surface area contributed by atoms with Crippen molar-refractivity contribution >= 4 is 17.3 Å². The van der Waals surface area contributed by atoms with Crippen LogP contribution >= 0.6 is 0 Å². The van der Waals surface area contributed by atoms with Crippen LogP contribution in [0.15, 0.2) is 30.0 Å². The number of Topliss-reactive ketones (excluding diaryl/α,β-unsaturated/α-hetero) is 1. The van der Waals surface area contributed by atoms with Crippen LogP contribution in [0.4, 0.5) is 0 Å². The second-order valence-electron chi connectivity index (χ2n) is 8.08. The van der Waals surface area contributed by atoms with Crippen molar-refractivity contribution in [2.24, 2.45) is 17.8 Å². The Morgan fingerprint density at radius 3 is 2.52 bits per heavy atom. The number of unbranched alkanes of at least 4 members (excludes halogenated alkanes) is 1. The second kappa shape index (κ2) is 8.86. The highest BCUT2D eigenvalue weighted by Crippen LogP contribution is 2.48. The lowest BCUT2D eigenvalue weighted by Crippen LogP contribution is -2.24. The molecule has 0 heterocycles. The standard InChI is InChI=1S/C24H32O3/c1-4-6-12-17(5-2)24(26)27-23-20-15-10-9-14-19(20)22(25)21(23)18-13-8-7-11-16(18)3/h7-8,11,13,17,19-20H,4-6,9-10,12,14-15H2,1-3H3. The van der Waals surface area contributed by atoms with Crippen molar-refractivity contribution in [1.29, 1.82) is 0 Å². The maximum absolute atomic E-state index is 13.2. The van der Waals surface area contributed by atoms with Gasteiger partial charge < -0.3 is 4.74 Å². The van der Waals surface area contributed by atoms with Gasteiger partial charge in [0.1, 0.15) is 5.76 Å². The number of esters is 1. The normalized spacial score (nSPS) is 23.3. The third-order valence-electron chi connectivity index (χ3n) is 6.29. The molecule has 1 fully saturated rings. The number of hydrogen-bond donors (Lipinski definition) is 0. The molecule has 2 aliphatic carbocycles. The summed E-state index contributed by atoms with van der Waals surface area (Å²) in [6, 6.07) is 7.95. The number of carbonyl (C=O) groups excluding carboxylic acids is 2. The van der Waals surface area contributed by atoms with E-state index in [1.165, 1.54) is 0 Å². The molecule has 3 rings (SSSR count). The summed E-state index contributed by atoms with van der Waals surface area (Å²) < 4.78 is 6.04. The van der Waals surface area contributed by atoms with Crippen LogP contribution in [0.5, 0.6) is 0 Å². The van der Waals surface area contributed by atoms with Gasteiger partial charge in [0.2, 0.25) is 0 Å². The van der Waals surface area contributed by atoms with Crippen LogP contribution in [0.25, 0.3) is 5.57 Å². The molecule has 1 aromatic carbocycles. The minimum Gasteiger partial charge on any atom is -0.430 e. The second-order valence-corrected chi connectivity index (χ2v) is 8.08. The monoisotopic (exact) mass is 368 g/mol. The van der Waals surface area contributed by atoms with Gasteiger partial charge in [-0.15, -0.1) is 0 Å². The van der Waals surface area contributed by atoms with Crippen LogP contribution in [-0.4, -0.2) is 11.8 Å². The number of benzene rings is 1. The summed E-state index contributed by atoms with van der Waals surface area (Å²) in [7, 11) is 0. The molecule has 27 heavy (non-hydrogen) atoms. The molecule has 3 nitrogen and oxygen atoms in total. The Morgan fingerprint density at radius 2 is 1.85 bits per heavy atom. The fourth-order valence-electron chi connectivity index (χ4n) is 4.63. The van der Waals surface area contributed by atoms with Gasteiger partial charge in [0.05, 0.1) is 11.5 Å². The first-order valence-corrected chi connectivity index (χ1v) is 10.6. The first-order valence-electron chi connectivity index (χ1n) is 10.6. The van der Waals surface area contributed by atoms with Gasteiger partial charge in [-0.3, -0.25) is 9.59 Å². The van der Waals surface area contributed by atoms with Gasteiger partial charge in [-0.05, 0) is 43.7 Å². The van der Waals surface area contributed by atoms with Crippen molar-refractivity contribution in [3.05, 3.63) is 41.2 Å². The van der Waals surface area contributed by atoms with Gasteiger partial charge in [0.25, 0.3) is 0 Å². The van der Waals surface area contributed by atoms with E-state index in [0.717, 1.165) is 62.5 Å². The maximum Gasteiger partial charge on any atom is 0.314 e. The largest absolute Gasteiger partial charge is 0.430 e. The highest BCUT2D eigenvalue weighted by molar-refractivity contribution is 6.25. The Balaban J connectivity index is 1.96. The Kier molecular flexibility index (Phi) is 6.51. The maximum atomic E-state index is 13.2. The fraction of sp³-hybridized carbons (Fsp3) is 0.583. The van der Waals surface area contributed by atoms with E-state index in [-0.39, 0.29) is 29.5 Å². The summed E-state index contributed by atoms with van der Waals surface area (Å²) in [6.07, 6.45) is 7.79. The first-order chi connectivity index (χ1) is 13.1. The molecule has 0 N–H and O–H groups in total. The molecule has 3 heteroatoms. The van der Waals surface area contributed by atoms with Gasteiger partial charge in [-0.1, -0.05) is 63.8 Å². The summed E-state index contributed by atoms with van der Waals surface area (Å²) in [5.41, 5.74) is 2.66. The molecule has 0 amide bonds. The van der Waals surface area contributed by atoms with E-state index in [1.54, 1.807) is 0 Å². The van der Waals surface area contributed by atoms with E-state index in [0.29, 0.717) is 11.3 Å². The Bertz CT molecular complexity index is 731. The summed E-state index contributed by atoms with van der Waals surface area (Å²) in [5.74, 6) is 0.692. The molecule has 0 saturated heterocycles. The predicted molar refractivity (Wildman–Crippen MR) is 108 cm³/mol. The van der Waals surface area contributed by atoms with Crippen LogP contribution in [0.3, 0.4) is 0 Å². The SMILES string of the molecule is CCCCC(CC)C(=O)OC1=C(c2ccccc2C)C(=O)C2CCCCC12. The van der Waals surface area contributed by atoms with E-state index in [1.807, 2.05) is 38.1 Å². The molecular weight excluding hydrogens is 336 g/mol. The minimum absolute atomic E-state index is 0.00752. The molecule has 0 spiro atoms. The Labute approximate surface area is 163 Å². The van der Waals surface area contributed by atoms with Crippen LogP contribution in [-0.2, 0) is 14.3 Å². The van der Waals surface area contributed by atoms with Crippen LogP contribution in [0, 0.1) is 24.7 Å². The zero-order valence-corrected chi connectivity index (χ0v) is 16.9. The van der Waals surface area contributed by atoms with Gasteiger partial charge in [0, 0.05) is 11.8 Å². The number of ketones is 1. The summed E-state index contributed by atoms with van der Waals surface area (Å²) in [5, 5.41) is 0. The molecular formula is C24H32O3. The molecule has 146 valence electrons. The first kappa shape index (κ1) is 19.9. The van der Waals surface area contributed by atoms with Crippen LogP contribution in [0.2, 0.25) is 0 Å². The highest BCUT2D eigenvalue weighted by Gasteiger charge is 2.45. The third kappa shape index (κ3) is 4.02. The third-order valence-corrected chi connectivity index (χ3v) is 6.29. The van der Waals surface area contributed by atoms with E-state index in [9.17, 15) is 9.59 Å². The van der Waals surface area contributed by atoms with E-state index in [2.05, 4.69) is 6.92 Å². The van der Waals surface area contributed by atoms with E-state index >= 15 is 0 Å². The number of fused-ring (bicyclic) bond motifs is 1. The smallest absolute Gasteiger partial charge is 0.314 e. The molecule has 0 radical (unpaired) electrons. The zero-order valence-electron chi connectivity index (χ0n) is 16.9. The average molecular weight is 369 g/mol. The lowest BCUT2D eigenvalue weighted by atomic mass is 9.80. The molecule has 3 unspecified atom stereocenters. The van der Waals surface area contributed by atoms with E-state index < -0.39 is 0 Å². The molecule has 0 bridgehead atoms. The molecule has 3 atom stereocenters. The van der Waals surface area contributed by atoms with Gasteiger partial charge in [-0.2, -0.15) is 0 Å². The summed E-state index contributed by atoms with van der Waals surface area (Å²) in [6.45, 7) is 6.20. The molecule has 1 aromatic rings. The van der Waals surface area contributed by atoms with Gasteiger partial charge >= 0.3 is 5.97 Å². The number of aryl methyl sites for hydroxylation is 1. The van der Waals surface area contributed by atoms with Gasteiger partial charge in [-0.25, -0.2) is 0 Å². The molecule has 0 aromatic heterocycles. The van der Waals surface area contributed by atoms with Crippen molar-refractivity contribution in [3.63, 3.8) is 0 Å². The summed E-state index contributed by atoms with van der Waals surface area (Å²) >= 11 is 0. The van der Waals surface area contributed by atoms with Crippen molar-refractivity contribution < 1.29 is 14.3 Å². The zero-order chi connectivity index (χ0) is 19.4. The predicted octanol–water partition coefficient (Wildman–Crippen LogP) is 5.85. The highest BCUT2D eigenvalue weighted by atomic mass is 16.5. The Morgan fingerprint density at radius 1 is 1.15 bits per heavy atom. The fourth-order valence-corrected chi connectivity index (χ4v) is 4.63. The molecule has 1 saturated carbocycles. The van der Waals surface area contributed by atoms with Gasteiger partial charge in [0.15, 0.2) is 5.78 Å². The number of ether oxygens (including phenoxy) is 1. The van der Waals surface area contributed by atoms with E-state index in [4.69, 9.17) is 4.74 Å². The summed E-state index contributed by atoms with van der Waals surface area (Å²) in [4.78, 5) is 26.2. The Hall–Kier alpha value is -1.90.